The van der Waals surface area contributed by atoms with Crippen LogP contribution in [0, 0.1) is 0 Å². The third kappa shape index (κ3) is 3.07. The van der Waals surface area contributed by atoms with E-state index in [2.05, 4.69) is 23.4 Å². The molecule has 1 atom stereocenters. The number of benzene rings is 1. The molecule has 0 aliphatic carbocycles. The number of nitrogens with two attached hydrogens (primary N) is 1. The van der Waals surface area contributed by atoms with Gasteiger partial charge in [0, 0.05) is 11.1 Å². The van der Waals surface area contributed by atoms with Crippen LogP contribution in [0.2, 0.25) is 5.02 Å². The van der Waals surface area contributed by atoms with Gasteiger partial charge in [-0.3, -0.25) is 0 Å². The molecule has 5 heteroatoms. The Morgan fingerprint density at radius 3 is 2.83 bits per heavy atom. The quantitative estimate of drug-likeness (QED) is 0.932. The van der Waals surface area contributed by atoms with Crippen molar-refractivity contribution < 1.29 is 0 Å². The van der Waals surface area contributed by atoms with Crippen LogP contribution in [0.1, 0.15) is 41.9 Å². The predicted molar refractivity (Wildman–Crippen MR) is 76.1 cm³/mol. The summed E-state index contributed by atoms with van der Waals surface area (Å²) in [5.74, 6) is 0.351. The van der Waals surface area contributed by atoms with Crippen molar-refractivity contribution in [3.63, 3.8) is 0 Å². The van der Waals surface area contributed by atoms with Gasteiger partial charge in [-0.25, -0.2) is 0 Å². The molecular formula is C13H16ClN3S. The molecule has 2 rings (SSSR count). The molecule has 0 amide bonds. The van der Waals surface area contributed by atoms with Crippen molar-refractivity contribution in [2.24, 2.45) is 5.73 Å². The Labute approximate surface area is 116 Å². The molecule has 0 bridgehead atoms. The van der Waals surface area contributed by atoms with Crippen molar-refractivity contribution in [1.29, 1.82) is 0 Å². The molecule has 18 heavy (non-hydrogen) atoms. The summed E-state index contributed by atoms with van der Waals surface area (Å²) in [5.41, 5.74) is 8.39. The standard InChI is InChI=1S/C13H16ClN3S/c1-8(2)12-13(18-17-16-12)11(15)7-9-4-3-5-10(14)6-9/h3-6,8,11H,7,15H2,1-2H3. The number of halogens is 1. The highest BCUT2D eigenvalue weighted by atomic mass is 35.5. The van der Waals surface area contributed by atoms with E-state index < -0.39 is 0 Å². The Morgan fingerprint density at radius 1 is 1.39 bits per heavy atom. The molecule has 1 aromatic heterocycles. The van der Waals surface area contributed by atoms with E-state index in [0.717, 1.165) is 27.6 Å². The van der Waals surface area contributed by atoms with Gasteiger partial charge in [-0.2, -0.15) is 0 Å². The van der Waals surface area contributed by atoms with Gasteiger partial charge in [0.25, 0.3) is 0 Å². The molecule has 0 aliphatic rings. The second-order valence-corrected chi connectivity index (χ2v) is 5.84. The zero-order valence-corrected chi connectivity index (χ0v) is 12.0. The Kier molecular flexibility index (Phi) is 4.32. The molecule has 0 radical (unpaired) electrons. The van der Waals surface area contributed by atoms with Gasteiger partial charge in [-0.05, 0) is 41.6 Å². The number of hydrogen-bond donors (Lipinski definition) is 1. The van der Waals surface area contributed by atoms with Crippen molar-refractivity contribution >= 4 is 23.1 Å². The van der Waals surface area contributed by atoms with E-state index >= 15 is 0 Å². The lowest BCUT2D eigenvalue weighted by atomic mass is 10.0. The SMILES string of the molecule is CC(C)c1nnsc1C(N)Cc1cccc(Cl)c1. The van der Waals surface area contributed by atoms with Crippen molar-refractivity contribution in [2.45, 2.75) is 32.2 Å². The van der Waals surface area contributed by atoms with E-state index in [9.17, 15) is 0 Å². The Hall–Kier alpha value is -0.970. The summed E-state index contributed by atoms with van der Waals surface area (Å²) < 4.78 is 4.01. The zero-order valence-electron chi connectivity index (χ0n) is 10.4. The highest BCUT2D eigenvalue weighted by Gasteiger charge is 2.18. The molecule has 96 valence electrons. The van der Waals surface area contributed by atoms with Crippen molar-refractivity contribution in [3.05, 3.63) is 45.4 Å². The van der Waals surface area contributed by atoms with Crippen molar-refractivity contribution in [2.75, 3.05) is 0 Å². The maximum Gasteiger partial charge on any atom is 0.0829 e. The van der Waals surface area contributed by atoms with E-state index in [-0.39, 0.29) is 6.04 Å². The summed E-state index contributed by atoms with van der Waals surface area (Å²) in [6.07, 6.45) is 0.754. The van der Waals surface area contributed by atoms with E-state index in [0.29, 0.717) is 5.92 Å². The van der Waals surface area contributed by atoms with Gasteiger partial charge in [0.15, 0.2) is 0 Å². The Morgan fingerprint density at radius 2 is 2.17 bits per heavy atom. The third-order valence-electron chi connectivity index (χ3n) is 2.77. The predicted octanol–water partition coefficient (Wildman–Crippen LogP) is 3.56. The second kappa shape index (κ2) is 5.78. The number of hydrogen-bond acceptors (Lipinski definition) is 4. The molecule has 1 aromatic carbocycles. The zero-order chi connectivity index (χ0) is 13.1. The van der Waals surface area contributed by atoms with Crippen LogP contribution in [0.15, 0.2) is 24.3 Å². The molecule has 1 heterocycles. The van der Waals surface area contributed by atoms with Crippen LogP contribution in [-0.4, -0.2) is 9.59 Å². The summed E-state index contributed by atoms with van der Waals surface area (Å²) >= 11 is 7.36. The first-order chi connectivity index (χ1) is 8.58. The maximum atomic E-state index is 6.25. The van der Waals surface area contributed by atoms with Crippen LogP contribution >= 0.6 is 23.1 Å². The van der Waals surface area contributed by atoms with E-state index in [1.54, 1.807) is 0 Å². The van der Waals surface area contributed by atoms with Crippen LogP contribution in [0.5, 0.6) is 0 Å². The number of aromatic nitrogens is 2. The van der Waals surface area contributed by atoms with Crippen LogP contribution < -0.4 is 5.73 Å². The first-order valence-electron chi connectivity index (χ1n) is 5.90. The second-order valence-electron chi connectivity index (χ2n) is 4.62. The van der Waals surface area contributed by atoms with Gasteiger partial charge in [0.05, 0.1) is 10.6 Å². The van der Waals surface area contributed by atoms with Crippen LogP contribution in [-0.2, 0) is 6.42 Å². The smallest absolute Gasteiger partial charge is 0.0829 e. The molecule has 1 unspecified atom stereocenters. The summed E-state index contributed by atoms with van der Waals surface area (Å²) in [4.78, 5) is 1.07. The minimum atomic E-state index is -0.0686. The van der Waals surface area contributed by atoms with Gasteiger partial charge >= 0.3 is 0 Å². The molecule has 0 saturated carbocycles. The third-order valence-corrected chi connectivity index (χ3v) is 3.88. The van der Waals surface area contributed by atoms with E-state index in [1.807, 2.05) is 24.3 Å². The molecule has 2 aromatic rings. The Balaban J connectivity index is 2.17. The topological polar surface area (TPSA) is 51.8 Å². The average molecular weight is 282 g/mol. The molecule has 0 fully saturated rings. The first kappa shape index (κ1) is 13.5. The largest absolute Gasteiger partial charge is 0.323 e. The van der Waals surface area contributed by atoms with Gasteiger partial charge in [-0.15, -0.1) is 5.10 Å². The van der Waals surface area contributed by atoms with Crippen LogP contribution in [0.4, 0.5) is 0 Å². The molecule has 2 N–H and O–H groups in total. The lowest BCUT2D eigenvalue weighted by Gasteiger charge is -2.12. The van der Waals surface area contributed by atoms with Crippen molar-refractivity contribution in [3.8, 4) is 0 Å². The first-order valence-corrected chi connectivity index (χ1v) is 7.05. The van der Waals surface area contributed by atoms with Gasteiger partial charge in [-0.1, -0.05) is 42.1 Å². The Bertz CT molecular complexity index is 524. The van der Waals surface area contributed by atoms with Gasteiger partial charge in [0.2, 0.25) is 0 Å². The lowest BCUT2D eigenvalue weighted by Crippen LogP contribution is -2.14. The number of rotatable bonds is 4. The number of nitrogens with zero attached hydrogens (tertiary/aromatic N) is 2. The fourth-order valence-corrected chi connectivity index (χ4v) is 2.89. The van der Waals surface area contributed by atoms with E-state index in [4.69, 9.17) is 17.3 Å². The van der Waals surface area contributed by atoms with Gasteiger partial charge in [0.1, 0.15) is 0 Å². The van der Waals surface area contributed by atoms with Crippen LogP contribution in [0.3, 0.4) is 0 Å². The summed E-state index contributed by atoms with van der Waals surface area (Å²) in [7, 11) is 0. The van der Waals surface area contributed by atoms with Crippen LogP contribution in [0.25, 0.3) is 0 Å². The molecule has 3 nitrogen and oxygen atoms in total. The van der Waals surface area contributed by atoms with Gasteiger partial charge < -0.3 is 5.73 Å². The normalized spacial score (nSPS) is 12.9. The molecular weight excluding hydrogens is 266 g/mol. The van der Waals surface area contributed by atoms with Crippen molar-refractivity contribution in [1.82, 2.24) is 9.59 Å². The molecule has 0 aliphatic heterocycles. The molecule has 0 spiro atoms. The highest BCUT2D eigenvalue weighted by Crippen LogP contribution is 2.27. The lowest BCUT2D eigenvalue weighted by molar-refractivity contribution is 0.701. The fraction of sp³-hybridized carbons (Fsp3) is 0.385. The fourth-order valence-electron chi connectivity index (χ4n) is 1.87. The average Bonchev–Trinajstić information content (AvgIpc) is 2.77. The minimum absolute atomic E-state index is 0.0686. The minimum Gasteiger partial charge on any atom is -0.323 e. The summed E-state index contributed by atoms with van der Waals surface area (Å²) in [6.45, 7) is 4.21. The van der Waals surface area contributed by atoms with E-state index in [1.165, 1.54) is 11.5 Å². The highest BCUT2D eigenvalue weighted by molar-refractivity contribution is 7.05. The monoisotopic (exact) mass is 281 g/mol. The maximum absolute atomic E-state index is 6.25. The molecule has 0 saturated heterocycles. The summed E-state index contributed by atoms with van der Waals surface area (Å²) in [5, 5.41) is 4.90. The summed E-state index contributed by atoms with van der Waals surface area (Å²) in [6, 6.07) is 7.73.